The molecule has 6 heteroatoms. The zero-order valence-corrected chi connectivity index (χ0v) is 14.3. The van der Waals surface area contributed by atoms with Gasteiger partial charge in [-0.3, -0.25) is 4.90 Å². The van der Waals surface area contributed by atoms with Crippen molar-refractivity contribution in [2.75, 3.05) is 19.6 Å². The number of hydrogen-bond acceptors (Lipinski definition) is 4. The van der Waals surface area contributed by atoms with Crippen molar-refractivity contribution in [2.45, 2.75) is 58.8 Å². The van der Waals surface area contributed by atoms with E-state index in [0.29, 0.717) is 19.6 Å². The van der Waals surface area contributed by atoms with Crippen LogP contribution in [0.5, 0.6) is 0 Å². The lowest BCUT2D eigenvalue weighted by molar-refractivity contribution is 0.0173. The van der Waals surface area contributed by atoms with Crippen LogP contribution in [0.4, 0.5) is 9.59 Å². The first kappa shape index (κ1) is 16.6. The largest absolute Gasteiger partial charge is 0.444 e. The fourth-order valence-corrected chi connectivity index (χ4v) is 2.55. The molecule has 1 saturated heterocycles. The highest BCUT2D eigenvalue weighted by Gasteiger charge is 2.42. The summed E-state index contributed by atoms with van der Waals surface area (Å²) in [5.74, 6) is 0. The molecule has 1 fully saturated rings. The average molecular weight is 310 g/mol. The van der Waals surface area contributed by atoms with Gasteiger partial charge in [-0.05, 0) is 47.1 Å². The molecule has 0 aliphatic carbocycles. The van der Waals surface area contributed by atoms with Gasteiger partial charge in [-0.1, -0.05) is 6.08 Å². The average Bonchev–Trinajstić information content (AvgIpc) is 2.81. The van der Waals surface area contributed by atoms with Crippen molar-refractivity contribution >= 4 is 12.2 Å². The fourth-order valence-electron chi connectivity index (χ4n) is 2.55. The van der Waals surface area contributed by atoms with Gasteiger partial charge in [-0.15, -0.1) is 0 Å². The third-order valence-corrected chi connectivity index (χ3v) is 3.40. The van der Waals surface area contributed by atoms with Gasteiger partial charge < -0.3 is 14.4 Å². The molecule has 22 heavy (non-hydrogen) atoms. The lowest BCUT2D eigenvalue weighted by Gasteiger charge is -2.29. The Morgan fingerprint density at radius 3 is 2.14 bits per heavy atom. The molecule has 0 aromatic heterocycles. The Morgan fingerprint density at radius 1 is 1.05 bits per heavy atom. The van der Waals surface area contributed by atoms with Crippen molar-refractivity contribution in [3.63, 3.8) is 0 Å². The summed E-state index contributed by atoms with van der Waals surface area (Å²) >= 11 is 0. The Hall–Kier alpha value is -1.72. The van der Waals surface area contributed by atoms with Gasteiger partial charge in [-0.25, -0.2) is 9.59 Å². The summed E-state index contributed by atoms with van der Waals surface area (Å²) in [5, 5.41) is 0. The summed E-state index contributed by atoms with van der Waals surface area (Å²) in [5.41, 5.74) is 0.0360. The molecule has 0 aromatic carbocycles. The molecule has 0 N–H and O–H groups in total. The third kappa shape index (κ3) is 3.93. The standard InChI is InChI=1S/C16H26N2O4/c1-15(2,3)21-13(19)17-9-11-7-8-18(12(11)10-17)14(20)22-16(4,5)6/h7,12H,8-10H2,1-6H3/t12-/m0/s1. The number of rotatable bonds is 0. The maximum absolute atomic E-state index is 12.2. The molecule has 6 nitrogen and oxygen atoms in total. The fraction of sp³-hybridized carbons (Fsp3) is 0.750. The first-order valence-corrected chi connectivity index (χ1v) is 7.63. The van der Waals surface area contributed by atoms with Crippen LogP contribution in [0.2, 0.25) is 0 Å². The molecule has 0 aromatic rings. The Labute approximate surface area is 132 Å². The van der Waals surface area contributed by atoms with Crippen LogP contribution in [-0.2, 0) is 9.47 Å². The number of carbonyl (C=O) groups is 2. The van der Waals surface area contributed by atoms with Crippen LogP contribution in [-0.4, -0.2) is 58.9 Å². The van der Waals surface area contributed by atoms with Gasteiger partial charge in [0, 0.05) is 19.6 Å². The molecule has 2 rings (SSSR count). The second-order valence-corrected chi connectivity index (χ2v) is 7.79. The number of nitrogens with zero attached hydrogens (tertiary/aromatic N) is 2. The maximum atomic E-state index is 12.2. The number of fused-ring (bicyclic) bond motifs is 1. The lowest BCUT2D eigenvalue weighted by Crippen LogP contribution is -2.44. The highest BCUT2D eigenvalue weighted by atomic mass is 16.6. The highest BCUT2D eigenvalue weighted by molar-refractivity contribution is 5.73. The third-order valence-electron chi connectivity index (χ3n) is 3.40. The SMILES string of the molecule is CC(C)(C)OC(=O)N1CC2=CCN(C(=O)OC(C)(C)C)[C@H]2C1. The molecule has 0 saturated carbocycles. The van der Waals surface area contributed by atoms with Crippen LogP contribution >= 0.6 is 0 Å². The predicted molar refractivity (Wildman–Crippen MR) is 82.6 cm³/mol. The van der Waals surface area contributed by atoms with Crippen LogP contribution in [0, 0.1) is 0 Å². The Bertz CT molecular complexity index is 499. The van der Waals surface area contributed by atoms with Gasteiger partial charge in [0.25, 0.3) is 0 Å². The number of ether oxygens (including phenoxy) is 2. The van der Waals surface area contributed by atoms with Gasteiger partial charge in [0.15, 0.2) is 0 Å². The van der Waals surface area contributed by atoms with E-state index in [2.05, 4.69) is 0 Å². The zero-order valence-electron chi connectivity index (χ0n) is 14.3. The second-order valence-electron chi connectivity index (χ2n) is 7.79. The molecule has 1 atom stereocenters. The molecule has 2 heterocycles. The van der Waals surface area contributed by atoms with Gasteiger partial charge in [-0.2, -0.15) is 0 Å². The molecule has 0 bridgehead atoms. The number of carbonyl (C=O) groups excluding carboxylic acids is 2. The van der Waals surface area contributed by atoms with E-state index in [4.69, 9.17) is 9.47 Å². The van der Waals surface area contributed by atoms with E-state index in [-0.39, 0.29) is 18.2 Å². The number of hydrogen-bond donors (Lipinski definition) is 0. The Morgan fingerprint density at radius 2 is 1.59 bits per heavy atom. The molecule has 0 unspecified atom stereocenters. The minimum atomic E-state index is -0.525. The summed E-state index contributed by atoms with van der Waals surface area (Å²) in [4.78, 5) is 27.7. The van der Waals surface area contributed by atoms with Crippen molar-refractivity contribution in [1.29, 1.82) is 0 Å². The molecule has 2 aliphatic rings. The van der Waals surface area contributed by atoms with Gasteiger partial charge in [0.2, 0.25) is 0 Å². The van der Waals surface area contributed by atoms with E-state index in [9.17, 15) is 9.59 Å². The molecule has 0 spiro atoms. The van der Waals surface area contributed by atoms with Crippen molar-refractivity contribution in [3.05, 3.63) is 11.6 Å². The number of likely N-dealkylation sites (tertiary alicyclic amines) is 1. The smallest absolute Gasteiger partial charge is 0.411 e. The normalized spacial score (nSPS) is 21.5. The van der Waals surface area contributed by atoms with Gasteiger partial charge in [0.05, 0.1) is 6.04 Å². The van der Waals surface area contributed by atoms with Crippen molar-refractivity contribution < 1.29 is 19.1 Å². The highest BCUT2D eigenvalue weighted by Crippen LogP contribution is 2.29. The summed E-state index contributed by atoms with van der Waals surface area (Å²) in [7, 11) is 0. The van der Waals surface area contributed by atoms with Crippen molar-refractivity contribution in [2.24, 2.45) is 0 Å². The first-order chi connectivity index (χ1) is 9.96. The van der Waals surface area contributed by atoms with Gasteiger partial charge in [0.1, 0.15) is 11.2 Å². The van der Waals surface area contributed by atoms with E-state index < -0.39 is 11.2 Å². The molecule has 0 radical (unpaired) electrons. The zero-order chi connectivity index (χ0) is 16.7. The van der Waals surface area contributed by atoms with Crippen molar-refractivity contribution in [3.8, 4) is 0 Å². The van der Waals surface area contributed by atoms with E-state index in [1.54, 1.807) is 9.80 Å². The summed E-state index contributed by atoms with van der Waals surface area (Å²) < 4.78 is 10.8. The molecule has 2 aliphatic heterocycles. The monoisotopic (exact) mass is 310 g/mol. The molecular weight excluding hydrogens is 284 g/mol. The van der Waals surface area contributed by atoms with Crippen LogP contribution in [0.1, 0.15) is 41.5 Å². The maximum Gasteiger partial charge on any atom is 0.411 e. The molecule has 124 valence electrons. The molecular formula is C16H26N2O4. The van der Waals surface area contributed by atoms with E-state index in [0.717, 1.165) is 5.57 Å². The lowest BCUT2D eigenvalue weighted by atomic mass is 10.2. The molecule has 2 amide bonds. The van der Waals surface area contributed by atoms with E-state index in [1.807, 2.05) is 47.6 Å². The van der Waals surface area contributed by atoms with Crippen LogP contribution in [0.3, 0.4) is 0 Å². The predicted octanol–water partition coefficient (Wildman–Crippen LogP) is 2.78. The second kappa shape index (κ2) is 5.48. The number of amides is 2. The van der Waals surface area contributed by atoms with Crippen LogP contribution < -0.4 is 0 Å². The van der Waals surface area contributed by atoms with Crippen LogP contribution in [0.15, 0.2) is 11.6 Å². The summed E-state index contributed by atoms with van der Waals surface area (Å²) in [6, 6.07) is -0.0950. The Kier molecular flexibility index (Phi) is 4.15. The van der Waals surface area contributed by atoms with Gasteiger partial charge >= 0.3 is 12.2 Å². The van der Waals surface area contributed by atoms with E-state index >= 15 is 0 Å². The first-order valence-electron chi connectivity index (χ1n) is 7.63. The quantitative estimate of drug-likeness (QED) is 0.646. The van der Waals surface area contributed by atoms with Crippen LogP contribution in [0.25, 0.3) is 0 Å². The summed E-state index contributed by atoms with van der Waals surface area (Å²) in [6.07, 6.45) is 1.32. The van der Waals surface area contributed by atoms with Crippen molar-refractivity contribution in [1.82, 2.24) is 9.80 Å². The minimum Gasteiger partial charge on any atom is -0.444 e. The minimum absolute atomic E-state index is 0.0950. The van der Waals surface area contributed by atoms with E-state index in [1.165, 1.54) is 0 Å². The summed E-state index contributed by atoms with van der Waals surface area (Å²) in [6.45, 7) is 12.6. The topological polar surface area (TPSA) is 59.1 Å². The Balaban J connectivity index is 1.99.